The Labute approximate surface area is 125 Å². The number of guanidine groups is 1. The van der Waals surface area contributed by atoms with Gasteiger partial charge in [0, 0.05) is 18.5 Å². The highest BCUT2D eigenvalue weighted by Gasteiger charge is 2.28. The molecule has 0 spiro atoms. The third-order valence-electron chi connectivity index (χ3n) is 3.93. The van der Waals surface area contributed by atoms with Crippen LogP contribution in [0.3, 0.4) is 0 Å². The van der Waals surface area contributed by atoms with E-state index >= 15 is 0 Å². The minimum Gasteiger partial charge on any atom is -0.370 e. The van der Waals surface area contributed by atoms with Crippen molar-refractivity contribution in [2.45, 2.75) is 50.6 Å². The first-order valence-corrected chi connectivity index (χ1v) is 9.33. The Morgan fingerprint density at radius 3 is 2.48 bits per heavy atom. The SMILES string of the molecule is NC(=NCCC(=O)NC1CCS(=O)(=O)C1)NC1CCCC1. The van der Waals surface area contributed by atoms with Crippen molar-refractivity contribution in [3.63, 3.8) is 0 Å². The van der Waals surface area contributed by atoms with Crippen LogP contribution in [0.2, 0.25) is 0 Å². The molecule has 120 valence electrons. The van der Waals surface area contributed by atoms with Gasteiger partial charge in [-0.2, -0.15) is 0 Å². The lowest BCUT2D eigenvalue weighted by Gasteiger charge is -2.12. The number of sulfone groups is 1. The first-order chi connectivity index (χ1) is 9.94. The summed E-state index contributed by atoms with van der Waals surface area (Å²) in [7, 11) is -2.96. The summed E-state index contributed by atoms with van der Waals surface area (Å²) in [6.45, 7) is 0.316. The van der Waals surface area contributed by atoms with Crippen molar-refractivity contribution in [1.82, 2.24) is 10.6 Å². The van der Waals surface area contributed by atoms with E-state index in [4.69, 9.17) is 5.73 Å². The number of hydrogen-bond acceptors (Lipinski definition) is 4. The Balaban J connectivity index is 1.64. The number of hydrogen-bond donors (Lipinski definition) is 3. The molecule has 1 atom stereocenters. The predicted octanol–water partition coefficient (Wildman–Crippen LogP) is -0.473. The van der Waals surface area contributed by atoms with Gasteiger partial charge in [0.1, 0.15) is 0 Å². The standard InChI is InChI=1S/C13H24N4O3S/c14-13(17-10-3-1-2-4-10)15-7-5-12(18)16-11-6-8-21(19,20)9-11/h10-11H,1-9H2,(H,16,18)(H3,14,15,17). The van der Waals surface area contributed by atoms with Gasteiger partial charge >= 0.3 is 0 Å². The third kappa shape index (κ3) is 5.53. The van der Waals surface area contributed by atoms with Gasteiger partial charge in [0.25, 0.3) is 0 Å². The number of nitrogens with two attached hydrogens (primary N) is 1. The van der Waals surface area contributed by atoms with Gasteiger partial charge in [-0.25, -0.2) is 8.42 Å². The quantitative estimate of drug-likeness (QED) is 0.468. The van der Waals surface area contributed by atoms with Crippen molar-refractivity contribution >= 4 is 21.7 Å². The summed E-state index contributed by atoms with van der Waals surface area (Å²) in [4.78, 5) is 15.8. The van der Waals surface area contributed by atoms with Crippen molar-refractivity contribution in [3.8, 4) is 0 Å². The second-order valence-electron chi connectivity index (χ2n) is 5.81. The van der Waals surface area contributed by atoms with E-state index in [1.54, 1.807) is 0 Å². The molecule has 1 aliphatic heterocycles. The van der Waals surface area contributed by atoms with Crippen LogP contribution < -0.4 is 16.4 Å². The summed E-state index contributed by atoms with van der Waals surface area (Å²) < 4.78 is 22.6. The zero-order valence-electron chi connectivity index (χ0n) is 12.2. The van der Waals surface area contributed by atoms with Crippen molar-refractivity contribution in [2.24, 2.45) is 10.7 Å². The lowest BCUT2D eigenvalue weighted by Crippen LogP contribution is -2.39. The smallest absolute Gasteiger partial charge is 0.222 e. The van der Waals surface area contributed by atoms with Crippen LogP contribution in [-0.4, -0.2) is 50.4 Å². The molecule has 1 heterocycles. The molecule has 1 amide bonds. The third-order valence-corrected chi connectivity index (χ3v) is 5.69. The van der Waals surface area contributed by atoms with Crippen molar-refractivity contribution < 1.29 is 13.2 Å². The fourth-order valence-electron chi connectivity index (χ4n) is 2.81. The Kier molecular flexibility index (Phi) is 5.44. The molecule has 1 saturated carbocycles. The minimum absolute atomic E-state index is 0.0490. The molecular weight excluding hydrogens is 292 g/mol. The van der Waals surface area contributed by atoms with E-state index in [0.29, 0.717) is 25.0 Å². The highest BCUT2D eigenvalue weighted by atomic mass is 32.2. The van der Waals surface area contributed by atoms with Gasteiger partial charge in [-0.15, -0.1) is 0 Å². The molecule has 21 heavy (non-hydrogen) atoms. The first kappa shape index (κ1) is 16.1. The number of aliphatic imine (C=N–C) groups is 1. The van der Waals surface area contributed by atoms with E-state index in [2.05, 4.69) is 15.6 Å². The molecular formula is C13H24N4O3S. The summed E-state index contributed by atoms with van der Waals surface area (Å²) >= 11 is 0. The predicted molar refractivity (Wildman–Crippen MR) is 81.7 cm³/mol. The second-order valence-corrected chi connectivity index (χ2v) is 8.04. The largest absolute Gasteiger partial charge is 0.370 e. The number of rotatable bonds is 5. The van der Waals surface area contributed by atoms with E-state index in [1.807, 2.05) is 0 Å². The van der Waals surface area contributed by atoms with Gasteiger partial charge in [-0.05, 0) is 19.3 Å². The topological polar surface area (TPSA) is 114 Å². The summed E-state index contributed by atoms with van der Waals surface area (Å²) in [6.07, 6.45) is 5.40. The summed E-state index contributed by atoms with van der Waals surface area (Å²) in [6, 6.07) is 0.159. The average molecular weight is 316 g/mol. The lowest BCUT2D eigenvalue weighted by molar-refractivity contribution is -0.121. The molecule has 2 aliphatic rings. The summed E-state index contributed by atoms with van der Waals surface area (Å²) in [5.41, 5.74) is 5.77. The van der Waals surface area contributed by atoms with Crippen molar-refractivity contribution in [1.29, 1.82) is 0 Å². The molecule has 7 nitrogen and oxygen atoms in total. The molecule has 8 heteroatoms. The van der Waals surface area contributed by atoms with Gasteiger partial charge in [-0.1, -0.05) is 12.8 Å². The molecule has 4 N–H and O–H groups in total. The molecule has 0 aromatic rings. The number of nitrogens with one attached hydrogen (secondary N) is 2. The molecule has 0 bridgehead atoms. The molecule has 2 rings (SSSR count). The van der Waals surface area contributed by atoms with Crippen LogP contribution in [0.15, 0.2) is 4.99 Å². The van der Waals surface area contributed by atoms with Crippen molar-refractivity contribution in [2.75, 3.05) is 18.1 Å². The molecule has 0 aromatic carbocycles. The van der Waals surface area contributed by atoms with Crippen LogP contribution in [0, 0.1) is 0 Å². The second kappa shape index (κ2) is 7.11. The van der Waals surface area contributed by atoms with Crippen LogP contribution in [0.1, 0.15) is 38.5 Å². The van der Waals surface area contributed by atoms with E-state index < -0.39 is 9.84 Å². The fourth-order valence-corrected chi connectivity index (χ4v) is 4.48. The summed E-state index contributed by atoms with van der Waals surface area (Å²) in [5, 5.41) is 5.89. The Bertz CT molecular complexity index is 498. The maximum atomic E-state index is 11.7. The fraction of sp³-hybridized carbons (Fsp3) is 0.846. The zero-order valence-corrected chi connectivity index (χ0v) is 13.0. The maximum absolute atomic E-state index is 11.7. The van der Waals surface area contributed by atoms with E-state index in [-0.39, 0.29) is 29.9 Å². The van der Waals surface area contributed by atoms with Crippen LogP contribution in [-0.2, 0) is 14.6 Å². The van der Waals surface area contributed by atoms with Gasteiger partial charge in [0.05, 0.1) is 18.1 Å². The molecule has 1 aliphatic carbocycles. The first-order valence-electron chi connectivity index (χ1n) is 7.51. The van der Waals surface area contributed by atoms with Gasteiger partial charge < -0.3 is 16.4 Å². The normalized spacial score (nSPS) is 25.9. The monoisotopic (exact) mass is 316 g/mol. The van der Waals surface area contributed by atoms with Gasteiger partial charge in [0.15, 0.2) is 15.8 Å². The highest BCUT2D eigenvalue weighted by Crippen LogP contribution is 2.17. The van der Waals surface area contributed by atoms with Gasteiger partial charge in [0.2, 0.25) is 5.91 Å². The maximum Gasteiger partial charge on any atom is 0.222 e. The van der Waals surface area contributed by atoms with Gasteiger partial charge in [-0.3, -0.25) is 9.79 Å². The van der Waals surface area contributed by atoms with E-state index in [1.165, 1.54) is 12.8 Å². The molecule has 0 radical (unpaired) electrons. The van der Waals surface area contributed by atoms with Crippen LogP contribution in [0.4, 0.5) is 0 Å². The van der Waals surface area contributed by atoms with E-state index in [0.717, 1.165) is 12.8 Å². The molecule has 1 saturated heterocycles. The lowest BCUT2D eigenvalue weighted by atomic mass is 10.2. The molecule has 1 unspecified atom stereocenters. The Morgan fingerprint density at radius 2 is 1.86 bits per heavy atom. The number of carbonyl (C=O) groups excluding carboxylic acids is 1. The molecule has 0 aromatic heterocycles. The molecule has 2 fully saturated rings. The highest BCUT2D eigenvalue weighted by molar-refractivity contribution is 7.91. The Morgan fingerprint density at radius 1 is 1.14 bits per heavy atom. The number of carbonyl (C=O) groups is 1. The minimum atomic E-state index is -2.96. The van der Waals surface area contributed by atoms with E-state index in [9.17, 15) is 13.2 Å². The average Bonchev–Trinajstić information content (AvgIpc) is 2.99. The van der Waals surface area contributed by atoms with Crippen LogP contribution in [0.5, 0.6) is 0 Å². The Hall–Kier alpha value is -1.31. The van der Waals surface area contributed by atoms with Crippen LogP contribution in [0.25, 0.3) is 0 Å². The zero-order chi connectivity index (χ0) is 15.3. The van der Waals surface area contributed by atoms with Crippen LogP contribution >= 0.6 is 0 Å². The van der Waals surface area contributed by atoms with Crippen molar-refractivity contribution in [3.05, 3.63) is 0 Å². The number of nitrogens with zero attached hydrogens (tertiary/aromatic N) is 1. The number of amides is 1. The summed E-state index contributed by atoms with van der Waals surface area (Å²) in [5.74, 6) is 0.425.